The third-order valence-corrected chi connectivity index (χ3v) is 3.55. The Kier molecular flexibility index (Phi) is 6.39. The third kappa shape index (κ3) is 5.53. The summed E-state index contributed by atoms with van der Waals surface area (Å²) in [6, 6.07) is 10.5. The van der Waals surface area contributed by atoms with Crippen molar-refractivity contribution < 1.29 is 19.4 Å². The first-order valence-electron chi connectivity index (χ1n) is 7.97. The Morgan fingerprint density at radius 2 is 1.84 bits per heavy atom. The van der Waals surface area contributed by atoms with Crippen LogP contribution in [-0.2, 0) is 4.79 Å². The molecule has 0 aliphatic rings. The van der Waals surface area contributed by atoms with Gasteiger partial charge >= 0.3 is 0 Å². The van der Waals surface area contributed by atoms with Crippen LogP contribution in [0.2, 0.25) is 0 Å². The lowest BCUT2D eigenvalue weighted by Crippen LogP contribution is -2.24. The zero-order valence-corrected chi connectivity index (χ0v) is 14.6. The van der Waals surface area contributed by atoms with Crippen LogP contribution in [0.4, 0.5) is 0 Å². The number of phenols is 1. The highest BCUT2D eigenvalue weighted by Gasteiger charge is 2.04. The van der Waals surface area contributed by atoms with E-state index in [2.05, 4.69) is 10.5 Å². The monoisotopic (exact) mass is 342 g/mol. The molecule has 0 aromatic heterocycles. The summed E-state index contributed by atoms with van der Waals surface area (Å²) in [6.07, 6.45) is 1.36. The van der Waals surface area contributed by atoms with Crippen LogP contribution < -0.4 is 14.9 Å². The van der Waals surface area contributed by atoms with Crippen molar-refractivity contribution in [2.75, 3.05) is 13.2 Å². The molecule has 0 heterocycles. The molecule has 0 spiro atoms. The van der Waals surface area contributed by atoms with Crippen LogP contribution in [0.1, 0.15) is 23.6 Å². The predicted molar refractivity (Wildman–Crippen MR) is 96.4 cm³/mol. The van der Waals surface area contributed by atoms with E-state index in [1.54, 1.807) is 12.1 Å². The van der Waals surface area contributed by atoms with Crippen molar-refractivity contribution in [3.63, 3.8) is 0 Å². The number of hydrazone groups is 1. The smallest absolute Gasteiger partial charge is 0.277 e. The van der Waals surface area contributed by atoms with Gasteiger partial charge in [0.05, 0.1) is 12.8 Å². The maximum absolute atomic E-state index is 11.8. The number of hydrogen-bond acceptors (Lipinski definition) is 5. The number of carbonyl (C=O) groups is 1. The third-order valence-electron chi connectivity index (χ3n) is 3.55. The minimum atomic E-state index is -0.389. The first kappa shape index (κ1) is 18.3. The van der Waals surface area contributed by atoms with Crippen LogP contribution in [0.3, 0.4) is 0 Å². The lowest BCUT2D eigenvalue weighted by molar-refractivity contribution is -0.123. The molecule has 0 saturated carbocycles. The summed E-state index contributed by atoms with van der Waals surface area (Å²) in [4.78, 5) is 11.8. The van der Waals surface area contributed by atoms with Crippen LogP contribution in [0, 0.1) is 13.8 Å². The molecular formula is C19H22N2O4. The fraction of sp³-hybridized carbons (Fsp3) is 0.263. The van der Waals surface area contributed by atoms with Gasteiger partial charge in [0.1, 0.15) is 17.2 Å². The molecule has 2 aromatic carbocycles. The first-order valence-corrected chi connectivity index (χ1v) is 7.97. The summed E-state index contributed by atoms with van der Waals surface area (Å²) in [5.41, 5.74) is 5.09. The molecule has 0 radical (unpaired) electrons. The van der Waals surface area contributed by atoms with E-state index in [4.69, 9.17) is 9.47 Å². The highest BCUT2D eigenvalue weighted by Crippen LogP contribution is 2.22. The number of amides is 1. The fourth-order valence-corrected chi connectivity index (χ4v) is 2.05. The van der Waals surface area contributed by atoms with Crippen LogP contribution in [0.15, 0.2) is 41.5 Å². The van der Waals surface area contributed by atoms with E-state index in [1.165, 1.54) is 12.3 Å². The average Bonchev–Trinajstić information content (AvgIpc) is 2.58. The molecule has 2 rings (SSSR count). The number of aryl methyl sites for hydroxylation is 2. The molecule has 2 N–H and O–H groups in total. The quantitative estimate of drug-likeness (QED) is 0.599. The number of rotatable bonds is 7. The summed E-state index contributed by atoms with van der Waals surface area (Å²) in [5.74, 6) is 0.838. The highest BCUT2D eigenvalue weighted by atomic mass is 16.5. The summed E-state index contributed by atoms with van der Waals surface area (Å²) in [5, 5.41) is 13.7. The Hall–Kier alpha value is -3.02. The van der Waals surface area contributed by atoms with Crippen molar-refractivity contribution in [1.82, 2.24) is 5.43 Å². The molecule has 0 atom stereocenters. The number of nitrogens with zero attached hydrogens (tertiary/aromatic N) is 1. The van der Waals surface area contributed by atoms with Crippen molar-refractivity contribution in [2.45, 2.75) is 20.8 Å². The minimum Gasteiger partial charge on any atom is -0.507 e. The van der Waals surface area contributed by atoms with Gasteiger partial charge in [-0.1, -0.05) is 6.07 Å². The Morgan fingerprint density at radius 3 is 2.52 bits per heavy atom. The van der Waals surface area contributed by atoms with E-state index < -0.39 is 0 Å². The maximum Gasteiger partial charge on any atom is 0.277 e. The van der Waals surface area contributed by atoms with Crippen LogP contribution in [0.5, 0.6) is 17.2 Å². The summed E-state index contributed by atoms with van der Waals surface area (Å²) in [6.45, 7) is 6.23. The molecule has 2 aromatic rings. The van der Waals surface area contributed by atoms with Crippen molar-refractivity contribution in [3.8, 4) is 17.2 Å². The van der Waals surface area contributed by atoms with Gasteiger partial charge in [0, 0.05) is 11.6 Å². The largest absolute Gasteiger partial charge is 0.507 e. The van der Waals surface area contributed by atoms with E-state index in [1.807, 2.05) is 39.0 Å². The van der Waals surface area contributed by atoms with Gasteiger partial charge in [0.2, 0.25) is 0 Å². The number of ether oxygens (including phenoxy) is 2. The summed E-state index contributed by atoms with van der Waals surface area (Å²) in [7, 11) is 0. The van der Waals surface area contributed by atoms with Crippen LogP contribution in [0.25, 0.3) is 0 Å². The standard InChI is InChI=1S/C19H22N2O4/c1-4-24-17-8-6-15(18(22)10-17)11-20-21-19(23)12-25-16-7-5-13(2)14(3)9-16/h5-11,22H,4,12H2,1-3H3,(H,21,23). The van der Waals surface area contributed by atoms with Gasteiger partial charge in [0.25, 0.3) is 5.91 Å². The number of phenolic OH excluding ortho intramolecular Hbond substituents is 1. The predicted octanol–water partition coefficient (Wildman–Crippen LogP) is 2.94. The molecular weight excluding hydrogens is 320 g/mol. The van der Waals surface area contributed by atoms with Crippen molar-refractivity contribution in [3.05, 3.63) is 53.1 Å². The van der Waals surface area contributed by atoms with Crippen LogP contribution >= 0.6 is 0 Å². The Morgan fingerprint density at radius 1 is 1.12 bits per heavy atom. The lowest BCUT2D eigenvalue weighted by Gasteiger charge is -2.07. The van der Waals surface area contributed by atoms with E-state index in [-0.39, 0.29) is 18.3 Å². The minimum absolute atomic E-state index is 0.0235. The molecule has 0 bridgehead atoms. The van der Waals surface area contributed by atoms with Crippen LogP contribution in [-0.4, -0.2) is 30.4 Å². The van der Waals surface area contributed by atoms with Gasteiger partial charge in [-0.05, 0) is 56.2 Å². The topological polar surface area (TPSA) is 80.2 Å². The average molecular weight is 342 g/mol. The highest BCUT2D eigenvalue weighted by molar-refractivity contribution is 5.85. The maximum atomic E-state index is 11.8. The zero-order valence-electron chi connectivity index (χ0n) is 14.6. The Labute approximate surface area is 147 Å². The van der Waals surface area contributed by atoms with Gasteiger partial charge in [-0.2, -0.15) is 5.10 Å². The van der Waals surface area contributed by atoms with Gasteiger partial charge in [-0.15, -0.1) is 0 Å². The van der Waals surface area contributed by atoms with Crippen molar-refractivity contribution in [1.29, 1.82) is 0 Å². The van der Waals surface area contributed by atoms with Gasteiger partial charge in [-0.25, -0.2) is 5.43 Å². The second kappa shape index (κ2) is 8.73. The second-order valence-electron chi connectivity index (χ2n) is 5.48. The van der Waals surface area contributed by atoms with E-state index in [0.29, 0.717) is 23.7 Å². The molecule has 0 saturated heterocycles. The summed E-state index contributed by atoms with van der Waals surface area (Å²) < 4.78 is 10.7. The molecule has 25 heavy (non-hydrogen) atoms. The van der Waals surface area contributed by atoms with E-state index >= 15 is 0 Å². The Balaban J connectivity index is 1.84. The van der Waals surface area contributed by atoms with Crippen molar-refractivity contribution in [2.24, 2.45) is 5.10 Å². The van der Waals surface area contributed by atoms with Crippen molar-refractivity contribution >= 4 is 12.1 Å². The SMILES string of the molecule is CCOc1ccc(C=NNC(=O)COc2ccc(C)c(C)c2)c(O)c1. The summed E-state index contributed by atoms with van der Waals surface area (Å²) >= 11 is 0. The zero-order chi connectivity index (χ0) is 18.2. The molecule has 0 fully saturated rings. The molecule has 6 nitrogen and oxygen atoms in total. The number of nitrogens with one attached hydrogen (secondary N) is 1. The fourth-order valence-electron chi connectivity index (χ4n) is 2.05. The van der Waals surface area contributed by atoms with E-state index in [9.17, 15) is 9.90 Å². The number of carbonyl (C=O) groups excluding carboxylic acids is 1. The second-order valence-corrected chi connectivity index (χ2v) is 5.48. The normalized spacial score (nSPS) is 10.7. The molecule has 0 aliphatic carbocycles. The molecule has 132 valence electrons. The Bertz CT molecular complexity index is 772. The first-order chi connectivity index (χ1) is 12.0. The molecule has 6 heteroatoms. The molecule has 1 amide bonds. The van der Waals surface area contributed by atoms with Gasteiger partial charge in [-0.3, -0.25) is 4.79 Å². The molecule has 0 aliphatic heterocycles. The van der Waals surface area contributed by atoms with Gasteiger partial charge < -0.3 is 14.6 Å². The number of aromatic hydroxyl groups is 1. The molecule has 0 unspecified atom stereocenters. The lowest BCUT2D eigenvalue weighted by atomic mass is 10.1. The van der Waals surface area contributed by atoms with Gasteiger partial charge in [0.15, 0.2) is 6.61 Å². The number of benzene rings is 2. The van der Waals surface area contributed by atoms with E-state index in [0.717, 1.165) is 11.1 Å². The number of hydrogen-bond donors (Lipinski definition) is 2.